The Morgan fingerprint density at radius 3 is 2.64 bits per heavy atom. The molecule has 1 aliphatic carbocycles. The van der Waals surface area contributed by atoms with E-state index in [0.717, 1.165) is 18.3 Å². The first-order chi connectivity index (χ1) is 6.72. The van der Waals surface area contributed by atoms with Crippen LogP contribution in [0, 0.1) is 6.92 Å². The lowest BCUT2D eigenvalue weighted by atomic mass is 10.1. The van der Waals surface area contributed by atoms with E-state index in [2.05, 4.69) is 30.9 Å². The SMILES string of the molecule is CCN(c1ccc(N)c(C)c1)C1CC1. The molecule has 1 aromatic carbocycles. The van der Waals surface area contributed by atoms with E-state index in [1.165, 1.54) is 24.1 Å². The van der Waals surface area contributed by atoms with Gasteiger partial charge >= 0.3 is 0 Å². The van der Waals surface area contributed by atoms with Crippen LogP contribution in [-0.4, -0.2) is 12.6 Å². The lowest BCUT2D eigenvalue weighted by Gasteiger charge is -2.23. The number of hydrogen-bond donors (Lipinski definition) is 1. The number of aryl methyl sites for hydroxylation is 1. The highest BCUT2D eigenvalue weighted by Crippen LogP contribution is 2.32. The summed E-state index contributed by atoms with van der Waals surface area (Å²) in [6, 6.07) is 7.11. The molecule has 1 aromatic rings. The average Bonchev–Trinajstić information content (AvgIpc) is 2.96. The van der Waals surface area contributed by atoms with Gasteiger partial charge in [0.1, 0.15) is 0 Å². The van der Waals surface area contributed by atoms with Crippen LogP contribution in [-0.2, 0) is 0 Å². The molecule has 0 atom stereocenters. The van der Waals surface area contributed by atoms with Crippen LogP contribution < -0.4 is 10.6 Å². The molecule has 0 radical (unpaired) electrons. The van der Waals surface area contributed by atoms with E-state index in [-0.39, 0.29) is 0 Å². The highest BCUT2D eigenvalue weighted by molar-refractivity contribution is 5.58. The number of nitrogens with zero attached hydrogens (tertiary/aromatic N) is 1. The number of nitrogen functional groups attached to an aromatic ring is 1. The maximum absolute atomic E-state index is 5.80. The number of anilines is 2. The first-order valence-electron chi connectivity index (χ1n) is 5.35. The molecule has 0 bridgehead atoms. The van der Waals surface area contributed by atoms with Gasteiger partial charge in [0.2, 0.25) is 0 Å². The summed E-state index contributed by atoms with van der Waals surface area (Å²) in [6.07, 6.45) is 2.69. The van der Waals surface area contributed by atoms with Gasteiger partial charge in [-0.25, -0.2) is 0 Å². The van der Waals surface area contributed by atoms with Gasteiger partial charge in [0.05, 0.1) is 0 Å². The van der Waals surface area contributed by atoms with Gasteiger partial charge in [0, 0.05) is 24.0 Å². The molecule has 76 valence electrons. The Morgan fingerprint density at radius 2 is 2.14 bits per heavy atom. The summed E-state index contributed by atoms with van der Waals surface area (Å²) in [7, 11) is 0. The number of nitrogens with two attached hydrogens (primary N) is 1. The van der Waals surface area contributed by atoms with Gasteiger partial charge in [-0.2, -0.15) is 0 Å². The van der Waals surface area contributed by atoms with E-state index >= 15 is 0 Å². The molecule has 1 fully saturated rings. The molecule has 0 unspecified atom stereocenters. The van der Waals surface area contributed by atoms with Crippen LogP contribution in [0.2, 0.25) is 0 Å². The van der Waals surface area contributed by atoms with Gasteiger partial charge in [-0.1, -0.05) is 0 Å². The Balaban J connectivity index is 2.25. The summed E-state index contributed by atoms with van der Waals surface area (Å²) in [6.45, 7) is 5.37. The van der Waals surface area contributed by atoms with Gasteiger partial charge in [-0.05, 0) is 50.5 Å². The zero-order valence-electron chi connectivity index (χ0n) is 8.96. The van der Waals surface area contributed by atoms with Gasteiger partial charge < -0.3 is 10.6 Å². The van der Waals surface area contributed by atoms with Crippen molar-refractivity contribution in [1.82, 2.24) is 0 Å². The molecule has 2 nitrogen and oxygen atoms in total. The summed E-state index contributed by atoms with van der Waals surface area (Å²) in [5.41, 5.74) is 9.20. The van der Waals surface area contributed by atoms with Crippen molar-refractivity contribution in [2.45, 2.75) is 32.7 Å². The van der Waals surface area contributed by atoms with Crippen molar-refractivity contribution in [3.8, 4) is 0 Å². The van der Waals surface area contributed by atoms with Crippen LogP contribution in [0.4, 0.5) is 11.4 Å². The lowest BCUT2D eigenvalue weighted by Crippen LogP contribution is -2.24. The first-order valence-corrected chi connectivity index (χ1v) is 5.35. The monoisotopic (exact) mass is 190 g/mol. The zero-order valence-corrected chi connectivity index (χ0v) is 8.96. The van der Waals surface area contributed by atoms with Crippen molar-refractivity contribution in [2.24, 2.45) is 0 Å². The van der Waals surface area contributed by atoms with E-state index in [9.17, 15) is 0 Å². The smallest absolute Gasteiger partial charge is 0.0372 e. The van der Waals surface area contributed by atoms with Crippen LogP contribution in [0.25, 0.3) is 0 Å². The summed E-state index contributed by atoms with van der Waals surface area (Å²) >= 11 is 0. The van der Waals surface area contributed by atoms with Crippen molar-refractivity contribution in [3.05, 3.63) is 23.8 Å². The molecule has 0 spiro atoms. The molecule has 14 heavy (non-hydrogen) atoms. The normalized spacial score (nSPS) is 15.6. The molecule has 0 aliphatic heterocycles. The molecule has 0 saturated heterocycles. The van der Waals surface area contributed by atoms with Gasteiger partial charge in [-0.3, -0.25) is 0 Å². The third kappa shape index (κ3) is 1.69. The number of benzene rings is 1. The molecule has 2 N–H and O–H groups in total. The van der Waals surface area contributed by atoms with Gasteiger partial charge in [0.15, 0.2) is 0 Å². The second-order valence-electron chi connectivity index (χ2n) is 4.06. The molecule has 1 aliphatic rings. The average molecular weight is 190 g/mol. The summed E-state index contributed by atoms with van der Waals surface area (Å²) in [4.78, 5) is 2.46. The van der Waals surface area contributed by atoms with Crippen LogP contribution >= 0.6 is 0 Å². The molecular formula is C12H18N2. The van der Waals surface area contributed by atoms with E-state index in [1.54, 1.807) is 0 Å². The van der Waals surface area contributed by atoms with E-state index in [1.807, 2.05) is 6.07 Å². The van der Waals surface area contributed by atoms with E-state index in [4.69, 9.17) is 5.73 Å². The van der Waals surface area contributed by atoms with Crippen molar-refractivity contribution in [2.75, 3.05) is 17.2 Å². The second kappa shape index (κ2) is 3.52. The van der Waals surface area contributed by atoms with E-state index < -0.39 is 0 Å². The van der Waals surface area contributed by atoms with Gasteiger partial charge in [0.25, 0.3) is 0 Å². The summed E-state index contributed by atoms with van der Waals surface area (Å²) in [5.74, 6) is 0. The van der Waals surface area contributed by atoms with Crippen LogP contribution in [0.3, 0.4) is 0 Å². The van der Waals surface area contributed by atoms with Crippen molar-refractivity contribution in [3.63, 3.8) is 0 Å². The molecule has 2 heteroatoms. The quantitative estimate of drug-likeness (QED) is 0.742. The second-order valence-corrected chi connectivity index (χ2v) is 4.06. The number of hydrogen-bond acceptors (Lipinski definition) is 2. The number of rotatable bonds is 3. The fourth-order valence-corrected chi connectivity index (χ4v) is 1.88. The van der Waals surface area contributed by atoms with Crippen molar-refractivity contribution < 1.29 is 0 Å². The molecule has 0 heterocycles. The maximum atomic E-state index is 5.80. The molecule has 1 saturated carbocycles. The Bertz CT molecular complexity index is 329. The lowest BCUT2D eigenvalue weighted by molar-refractivity contribution is 0.826. The highest BCUT2D eigenvalue weighted by atomic mass is 15.2. The third-order valence-corrected chi connectivity index (χ3v) is 2.91. The largest absolute Gasteiger partial charge is 0.399 e. The van der Waals surface area contributed by atoms with E-state index in [0.29, 0.717) is 0 Å². The Kier molecular flexibility index (Phi) is 2.36. The molecule has 2 rings (SSSR count). The van der Waals surface area contributed by atoms with Crippen LogP contribution in [0.5, 0.6) is 0 Å². The highest BCUT2D eigenvalue weighted by Gasteiger charge is 2.28. The van der Waals surface area contributed by atoms with Gasteiger partial charge in [-0.15, -0.1) is 0 Å². The predicted octanol–water partition coefficient (Wildman–Crippen LogP) is 2.57. The molecular weight excluding hydrogens is 172 g/mol. The Morgan fingerprint density at radius 1 is 1.43 bits per heavy atom. The Labute approximate surface area is 85.7 Å². The standard InChI is InChI=1S/C12H18N2/c1-3-14(10-4-5-10)11-6-7-12(13)9(2)8-11/h6-8,10H,3-5,13H2,1-2H3. The Hall–Kier alpha value is -1.18. The minimum Gasteiger partial charge on any atom is -0.399 e. The molecule has 0 aromatic heterocycles. The third-order valence-electron chi connectivity index (χ3n) is 2.91. The minimum absolute atomic E-state index is 0.781. The fourth-order valence-electron chi connectivity index (χ4n) is 1.88. The first kappa shape index (κ1) is 9.38. The van der Waals surface area contributed by atoms with Crippen molar-refractivity contribution >= 4 is 11.4 Å². The predicted molar refractivity (Wildman–Crippen MR) is 61.6 cm³/mol. The van der Waals surface area contributed by atoms with Crippen LogP contribution in [0.15, 0.2) is 18.2 Å². The minimum atomic E-state index is 0.781. The van der Waals surface area contributed by atoms with Crippen molar-refractivity contribution in [1.29, 1.82) is 0 Å². The zero-order chi connectivity index (χ0) is 10.1. The maximum Gasteiger partial charge on any atom is 0.0372 e. The summed E-state index contributed by atoms with van der Waals surface area (Å²) < 4.78 is 0. The van der Waals surface area contributed by atoms with Crippen LogP contribution in [0.1, 0.15) is 25.3 Å². The summed E-state index contributed by atoms with van der Waals surface area (Å²) in [5, 5.41) is 0. The topological polar surface area (TPSA) is 29.3 Å². The molecule has 0 amide bonds. The fraction of sp³-hybridized carbons (Fsp3) is 0.500.